The van der Waals surface area contributed by atoms with E-state index in [1.165, 1.54) is 0 Å². The smallest absolute Gasteiger partial charge is 0.231 e. The van der Waals surface area contributed by atoms with E-state index >= 15 is 0 Å². The fourth-order valence-corrected chi connectivity index (χ4v) is 2.42. The van der Waals surface area contributed by atoms with E-state index in [-0.39, 0.29) is 5.92 Å². The number of halogens is 1. The maximum atomic E-state index is 5.80. The van der Waals surface area contributed by atoms with Crippen molar-refractivity contribution in [2.45, 2.75) is 32.6 Å². The van der Waals surface area contributed by atoms with Gasteiger partial charge in [-0.2, -0.15) is 4.98 Å². The first kappa shape index (κ1) is 15.2. The Labute approximate surface area is 127 Å². The van der Waals surface area contributed by atoms with Crippen LogP contribution in [0.4, 0.5) is 0 Å². The molecule has 0 aliphatic carbocycles. The molecule has 108 valence electrons. The predicted octanol–water partition coefficient (Wildman–Crippen LogP) is 3.51. The van der Waals surface area contributed by atoms with Crippen molar-refractivity contribution in [2.24, 2.45) is 11.7 Å². The van der Waals surface area contributed by atoms with Crippen LogP contribution in [0, 0.1) is 5.92 Å². The van der Waals surface area contributed by atoms with Gasteiger partial charge in [-0.25, -0.2) is 0 Å². The second kappa shape index (κ2) is 6.99. The highest BCUT2D eigenvalue weighted by atomic mass is 79.9. The standard InChI is InChI=1S/C15H20BrN3O/c1-10(2)7-12(9-17)15-18-14(19-20-15)8-11-3-5-13(16)6-4-11/h3-6,10,12H,7-9,17H2,1-2H3. The van der Waals surface area contributed by atoms with Gasteiger partial charge in [0.1, 0.15) is 0 Å². The Morgan fingerprint density at radius 1 is 1.25 bits per heavy atom. The molecule has 0 amide bonds. The average molecular weight is 338 g/mol. The van der Waals surface area contributed by atoms with Crippen molar-refractivity contribution >= 4 is 15.9 Å². The zero-order valence-corrected chi connectivity index (χ0v) is 13.4. The first-order valence-electron chi connectivity index (χ1n) is 6.85. The van der Waals surface area contributed by atoms with Crippen LogP contribution in [0.5, 0.6) is 0 Å². The summed E-state index contributed by atoms with van der Waals surface area (Å²) in [5.74, 6) is 2.09. The monoisotopic (exact) mass is 337 g/mol. The van der Waals surface area contributed by atoms with Crippen LogP contribution in [0.2, 0.25) is 0 Å². The number of nitrogens with two attached hydrogens (primary N) is 1. The van der Waals surface area contributed by atoms with Gasteiger partial charge in [-0.15, -0.1) is 0 Å². The highest BCUT2D eigenvalue weighted by molar-refractivity contribution is 9.10. The second-order valence-corrected chi connectivity index (χ2v) is 6.33. The zero-order chi connectivity index (χ0) is 14.5. The van der Waals surface area contributed by atoms with Gasteiger partial charge in [-0.3, -0.25) is 0 Å². The lowest BCUT2D eigenvalue weighted by Gasteiger charge is -2.11. The number of hydrogen-bond acceptors (Lipinski definition) is 4. The van der Waals surface area contributed by atoms with Gasteiger partial charge in [0.2, 0.25) is 5.89 Å². The fourth-order valence-electron chi connectivity index (χ4n) is 2.16. The van der Waals surface area contributed by atoms with E-state index in [0.717, 1.165) is 16.5 Å². The molecule has 0 saturated heterocycles. The largest absolute Gasteiger partial charge is 0.339 e. The molecule has 4 nitrogen and oxygen atoms in total. The van der Waals surface area contributed by atoms with Crippen LogP contribution >= 0.6 is 15.9 Å². The lowest BCUT2D eigenvalue weighted by Crippen LogP contribution is -2.15. The Bertz CT molecular complexity index is 536. The molecule has 1 aromatic heterocycles. The number of nitrogens with zero attached hydrogens (tertiary/aromatic N) is 2. The minimum absolute atomic E-state index is 0.154. The minimum Gasteiger partial charge on any atom is -0.339 e. The van der Waals surface area contributed by atoms with Crippen LogP contribution in [0.25, 0.3) is 0 Å². The Morgan fingerprint density at radius 2 is 1.95 bits per heavy atom. The van der Waals surface area contributed by atoms with Gasteiger partial charge in [-0.1, -0.05) is 47.1 Å². The summed E-state index contributed by atoms with van der Waals surface area (Å²) in [6.45, 7) is 4.88. The summed E-state index contributed by atoms with van der Waals surface area (Å²) in [7, 11) is 0. The van der Waals surface area contributed by atoms with Gasteiger partial charge in [0, 0.05) is 17.4 Å². The molecular weight excluding hydrogens is 318 g/mol. The van der Waals surface area contributed by atoms with Crippen molar-refractivity contribution in [1.29, 1.82) is 0 Å². The molecule has 1 aromatic carbocycles. The molecule has 2 rings (SSSR count). The summed E-state index contributed by atoms with van der Waals surface area (Å²) < 4.78 is 6.43. The summed E-state index contributed by atoms with van der Waals surface area (Å²) in [6.07, 6.45) is 1.65. The molecule has 1 atom stereocenters. The molecule has 1 heterocycles. The minimum atomic E-state index is 0.154. The summed E-state index contributed by atoms with van der Waals surface area (Å²) in [6, 6.07) is 8.12. The molecule has 0 bridgehead atoms. The van der Waals surface area contributed by atoms with Gasteiger partial charge in [0.15, 0.2) is 5.82 Å². The summed E-state index contributed by atoms with van der Waals surface area (Å²) in [5.41, 5.74) is 6.96. The van der Waals surface area contributed by atoms with E-state index in [4.69, 9.17) is 10.3 Å². The van der Waals surface area contributed by atoms with Gasteiger partial charge < -0.3 is 10.3 Å². The number of aromatic nitrogens is 2. The Kier molecular flexibility index (Phi) is 5.31. The SMILES string of the molecule is CC(C)CC(CN)c1nc(Cc2ccc(Br)cc2)no1. The summed E-state index contributed by atoms with van der Waals surface area (Å²) in [4.78, 5) is 4.48. The second-order valence-electron chi connectivity index (χ2n) is 5.41. The van der Waals surface area contributed by atoms with Crippen molar-refractivity contribution in [1.82, 2.24) is 10.1 Å². The van der Waals surface area contributed by atoms with Gasteiger partial charge >= 0.3 is 0 Å². The summed E-state index contributed by atoms with van der Waals surface area (Å²) >= 11 is 3.42. The quantitative estimate of drug-likeness (QED) is 0.875. The molecule has 1 unspecified atom stereocenters. The van der Waals surface area contributed by atoms with E-state index in [9.17, 15) is 0 Å². The molecule has 0 aliphatic heterocycles. The van der Waals surface area contributed by atoms with Crippen LogP contribution in [-0.4, -0.2) is 16.7 Å². The molecule has 5 heteroatoms. The Morgan fingerprint density at radius 3 is 2.55 bits per heavy atom. The van der Waals surface area contributed by atoms with Crippen LogP contribution in [-0.2, 0) is 6.42 Å². The molecule has 2 aromatic rings. The number of rotatable bonds is 6. The molecule has 0 spiro atoms. The maximum absolute atomic E-state index is 5.80. The third kappa shape index (κ3) is 4.15. The van der Waals surface area contributed by atoms with Crippen LogP contribution in [0.3, 0.4) is 0 Å². The number of hydrogen-bond donors (Lipinski definition) is 1. The predicted molar refractivity (Wildman–Crippen MR) is 82.5 cm³/mol. The topological polar surface area (TPSA) is 64.9 Å². The first-order chi connectivity index (χ1) is 9.58. The number of benzene rings is 1. The molecule has 0 radical (unpaired) electrons. The lowest BCUT2D eigenvalue weighted by molar-refractivity contribution is 0.332. The summed E-state index contributed by atoms with van der Waals surface area (Å²) in [5, 5.41) is 4.06. The highest BCUT2D eigenvalue weighted by Crippen LogP contribution is 2.22. The Hall–Kier alpha value is -1.20. The van der Waals surface area contributed by atoms with Crippen molar-refractivity contribution < 1.29 is 4.52 Å². The molecule has 0 aliphatic rings. The zero-order valence-electron chi connectivity index (χ0n) is 11.8. The molecule has 20 heavy (non-hydrogen) atoms. The van der Waals surface area contributed by atoms with Crippen LogP contribution < -0.4 is 5.73 Å². The normalized spacial score (nSPS) is 12.8. The van der Waals surface area contributed by atoms with Gasteiger partial charge in [0.25, 0.3) is 0 Å². The van der Waals surface area contributed by atoms with Crippen LogP contribution in [0.1, 0.15) is 43.5 Å². The fraction of sp³-hybridized carbons (Fsp3) is 0.467. The van der Waals surface area contributed by atoms with E-state index in [0.29, 0.717) is 30.6 Å². The van der Waals surface area contributed by atoms with Crippen LogP contribution in [0.15, 0.2) is 33.3 Å². The first-order valence-corrected chi connectivity index (χ1v) is 7.64. The van der Waals surface area contributed by atoms with E-state index < -0.39 is 0 Å². The molecular formula is C15H20BrN3O. The molecule has 0 fully saturated rings. The van der Waals surface area contributed by atoms with E-state index in [2.05, 4.69) is 52.1 Å². The van der Waals surface area contributed by atoms with Crippen molar-refractivity contribution in [2.75, 3.05) is 6.54 Å². The third-order valence-corrected chi connectivity index (χ3v) is 3.68. The van der Waals surface area contributed by atoms with Gasteiger partial charge in [0.05, 0.1) is 5.92 Å². The van der Waals surface area contributed by atoms with E-state index in [1.54, 1.807) is 0 Å². The molecule has 2 N–H and O–H groups in total. The Balaban J connectivity index is 2.06. The van der Waals surface area contributed by atoms with Crippen molar-refractivity contribution in [3.63, 3.8) is 0 Å². The van der Waals surface area contributed by atoms with E-state index in [1.807, 2.05) is 12.1 Å². The third-order valence-electron chi connectivity index (χ3n) is 3.15. The highest BCUT2D eigenvalue weighted by Gasteiger charge is 2.18. The van der Waals surface area contributed by atoms with Crippen molar-refractivity contribution in [3.8, 4) is 0 Å². The lowest BCUT2D eigenvalue weighted by atomic mass is 9.97. The maximum Gasteiger partial charge on any atom is 0.231 e. The van der Waals surface area contributed by atoms with Gasteiger partial charge in [-0.05, 0) is 30.0 Å². The molecule has 0 saturated carbocycles. The average Bonchev–Trinajstić information content (AvgIpc) is 2.87. The van der Waals surface area contributed by atoms with Crippen molar-refractivity contribution in [3.05, 3.63) is 46.0 Å².